The molecule has 6 aromatic rings. The van der Waals surface area contributed by atoms with E-state index >= 15 is 0 Å². The molecule has 0 unspecified atom stereocenters. The molecule has 182 valence electrons. The average molecular weight is 523 g/mol. The molecule has 2 heterocycles. The van der Waals surface area contributed by atoms with Gasteiger partial charge < -0.3 is 0 Å². The van der Waals surface area contributed by atoms with E-state index in [0.29, 0.717) is 0 Å². The molecule has 0 radical (unpaired) electrons. The predicted molar refractivity (Wildman–Crippen MR) is 169 cm³/mol. The van der Waals surface area contributed by atoms with Gasteiger partial charge in [0, 0.05) is 9.75 Å². The third-order valence-electron chi connectivity index (χ3n) is 6.49. The summed E-state index contributed by atoms with van der Waals surface area (Å²) in [5.41, 5.74) is 9.95. The van der Waals surface area contributed by atoms with Crippen molar-refractivity contribution < 1.29 is 0 Å². The van der Waals surface area contributed by atoms with E-state index in [0.717, 1.165) is 0 Å². The Morgan fingerprint density at radius 1 is 0.342 bits per heavy atom. The van der Waals surface area contributed by atoms with Gasteiger partial charge in [0.25, 0.3) is 0 Å². The maximum absolute atomic E-state index is 2.28. The van der Waals surface area contributed by atoms with Crippen molar-refractivity contribution in [3.05, 3.63) is 153 Å². The van der Waals surface area contributed by atoms with E-state index in [-0.39, 0.29) is 0 Å². The summed E-state index contributed by atoms with van der Waals surface area (Å²) < 4.78 is 0. The van der Waals surface area contributed by atoms with Crippen molar-refractivity contribution in [2.24, 2.45) is 0 Å². The summed E-state index contributed by atoms with van der Waals surface area (Å²) in [4.78, 5) is 2.52. The van der Waals surface area contributed by atoms with Crippen LogP contribution in [0.1, 0.15) is 20.9 Å². The molecule has 0 aliphatic carbocycles. The van der Waals surface area contributed by atoms with Crippen molar-refractivity contribution in [3.8, 4) is 33.4 Å². The normalized spacial score (nSPS) is 11.5. The second-order valence-electron chi connectivity index (χ2n) is 9.12. The maximum atomic E-state index is 2.28. The summed E-state index contributed by atoms with van der Waals surface area (Å²) >= 11 is 3.56. The van der Waals surface area contributed by atoms with Gasteiger partial charge in [-0.15, -0.1) is 22.7 Å². The average Bonchev–Trinajstić information content (AvgIpc) is 3.66. The summed E-state index contributed by atoms with van der Waals surface area (Å²) in [6.45, 7) is 0. The van der Waals surface area contributed by atoms with E-state index < -0.39 is 0 Å². The molecule has 0 bridgehead atoms. The van der Waals surface area contributed by atoms with Gasteiger partial charge in [0.2, 0.25) is 0 Å². The van der Waals surface area contributed by atoms with Crippen molar-refractivity contribution in [3.63, 3.8) is 0 Å². The maximum Gasteiger partial charge on any atom is 0.0276 e. The van der Waals surface area contributed by atoms with Crippen molar-refractivity contribution in [1.29, 1.82) is 0 Å². The van der Waals surface area contributed by atoms with Gasteiger partial charge in [-0.25, -0.2) is 0 Å². The van der Waals surface area contributed by atoms with E-state index in [2.05, 4.69) is 156 Å². The van der Waals surface area contributed by atoms with Crippen molar-refractivity contribution >= 4 is 47.0 Å². The molecule has 0 fully saturated rings. The highest BCUT2D eigenvalue weighted by atomic mass is 32.1. The summed E-state index contributed by atoms with van der Waals surface area (Å²) in [7, 11) is 0. The van der Waals surface area contributed by atoms with Crippen LogP contribution in [0, 0.1) is 0 Å². The molecule has 2 heteroatoms. The topological polar surface area (TPSA) is 0 Å². The molecule has 0 amide bonds. The molecule has 0 nitrogen and oxygen atoms in total. The van der Waals surface area contributed by atoms with Crippen LogP contribution in [0.3, 0.4) is 0 Å². The summed E-state index contributed by atoms with van der Waals surface area (Å²) in [6, 6.07) is 43.0. The number of rotatable bonds is 7. The lowest BCUT2D eigenvalue weighted by Crippen LogP contribution is -1.77. The first kappa shape index (κ1) is 24.1. The first-order valence-corrected chi connectivity index (χ1v) is 14.4. The zero-order valence-electron chi connectivity index (χ0n) is 20.8. The van der Waals surface area contributed by atoms with E-state index in [1.807, 2.05) is 0 Å². The van der Waals surface area contributed by atoms with Crippen LogP contribution in [-0.4, -0.2) is 0 Å². The van der Waals surface area contributed by atoms with Crippen LogP contribution in [0.25, 0.3) is 57.7 Å². The first-order chi connectivity index (χ1) is 18.8. The molecule has 6 rings (SSSR count). The lowest BCUT2D eigenvalue weighted by atomic mass is 10.0. The van der Waals surface area contributed by atoms with Gasteiger partial charge in [0.1, 0.15) is 0 Å². The molecular formula is C36H26S2. The summed E-state index contributed by atoms with van der Waals surface area (Å²) in [6.07, 6.45) is 8.79. The number of hydrogen-bond donors (Lipinski definition) is 0. The number of benzene rings is 4. The van der Waals surface area contributed by atoms with Crippen LogP contribution >= 0.6 is 22.7 Å². The molecule has 0 spiro atoms. The quantitative estimate of drug-likeness (QED) is 0.196. The van der Waals surface area contributed by atoms with Crippen LogP contribution in [0.4, 0.5) is 0 Å². The third-order valence-corrected chi connectivity index (χ3v) is 8.28. The Bertz CT molecular complexity index is 1540. The second kappa shape index (κ2) is 11.4. The van der Waals surface area contributed by atoms with Crippen LogP contribution in [0.5, 0.6) is 0 Å². The molecule has 38 heavy (non-hydrogen) atoms. The fourth-order valence-electron chi connectivity index (χ4n) is 4.37. The van der Waals surface area contributed by atoms with E-state index in [9.17, 15) is 0 Å². The fourth-order valence-corrected chi connectivity index (χ4v) is 5.99. The number of thiophene rings is 2. The summed E-state index contributed by atoms with van der Waals surface area (Å²) in [5, 5.41) is 4.49. The largest absolute Gasteiger partial charge is 0.144 e. The van der Waals surface area contributed by atoms with Gasteiger partial charge in [-0.05, 0) is 79.6 Å². The minimum atomic E-state index is 1.21. The minimum absolute atomic E-state index is 1.21. The highest BCUT2D eigenvalue weighted by Gasteiger charge is 2.04. The Morgan fingerprint density at radius 2 is 0.711 bits per heavy atom. The Balaban J connectivity index is 1.09. The smallest absolute Gasteiger partial charge is 0.0276 e. The molecule has 0 N–H and O–H groups in total. The zero-order valence-corrected chi connectivity index (χ0v) is 22.5. The SMILES string of the molecule is C(=Cc1cc(-c2csc(C=Cc3ccc(-c4ccccc4)cc3)c2)cs1)c1ccc(-c2ccccc2)cc1. The van der Waals surface area contributed by atoms with Crippen LogP contribution < -0.4 is 0 Å². The molecule has 0 aliphatic rings. The molecule has 0 saturated carbocycles. The molecule has 2 aromatic heterocycles. The summed E-state index contributed by atoms with van der Waals surface area (Å²) in [5.74, 6) is 0. The zero-order chi connectivity index (χ0) is 25.6. The van der Waals surface area contributed by atoms with Gasteiger partial charge in [-0.3, -0.25) is 0 Å². The van der Waals surface area contributed by atoms with Crippen molar-refractivity contribution in [2.45, 2.75) is 0 Å². The second-order valence-corrected chi connectivity index (χ2v) is 11.0. The predicted octanol–water partition coefficient (Wildman–Crippen LogP) is 11.2. The van der Waals surface area contributed by atoms with E-state index in [4.69, 9.17) is 0 Å². The fraction of sp³-hybridized carbons (Fsp3) is 0. The van der Waals surface area contributed by atoms with Crippen LogP contribution in [0.15, 0.2) is 132 Å². The lowest BCUT2D eigenvalue weighted by Gasteiger charge is -2.01. The van der Waals surface area contributed by atoms with Crippen LogP contribution in [0.2, 0.25) is 0 Å². The highest BCUT2D eigenvalue weighted by molar-refractivity contribution is 7.12. The molecule has 0 aliphatic heterocycles. The Kier molecular flexibility index (Phi) is 7.26. The highest BCUT2D eigenvalue weighted by Crippen LogP contribution is 2.31. The van der Waals surface area contributed by atoms with Gasteiger partial charge in [0.05, 0.1) is 0 Å². The monoisotopic (exact) mass is 522 g/mol. The van der Waals surface area contributed by atoms with Crippen molar-refractivity contribution in [1.82, 2.24) is 0 Å². The van der Waals surface area contributed by atoms with Gasteiger partial charge in [-0.2, -0.15) is 0 Å². The Morgan fingerprint density at radius 3 is 1.11 bits per heavy atom. The molecule has 0 atom stereocenters. The van der Waals surface area contributed by atoms with Gasteiger partial charge in [0.15, 0.2) is 0 Å². The third kappa shape index (κ3) is 5.84. The van der Waals surface area contributed by atoms with Gasteiger partial charge >= 0.3 is 0 Å². The van der Waals surface area contributed by atoms with E-state index in [1.54, 1.807) is 22.7 Å². The van der Waals surface area contributed by atoms with Crippen molar-refractivity contribution in [2.75, 3.05) is 0 Å². The number of hydrogen-bond acceptors (Lipinski definition) is 2. The Labute approximate surface area is 232 Å². The van der Waals surface area contributed by atoms with E-state index in [1.165, 1.54) is 54.3 Å². The molecule has 0 saturated heterocycles. The standard InChI is InChI=1S/C36H26S2/c1-3-7-29(8-4-1)31-17-11-27(12-18-31)15-21-35-23-33(25-37-35)34-24-36(38-26-34)22-16-28-13-19-32(20-14-28)30-9-5-2-6-10-30/h1-26H. The molecular weight excluding hydrogens is 497 g/mol. The van der Waals surface area contributed by atoms with Crippen LogP contribution in [-0.2, 0) is 0 Å². The minimum Gasteiger partial charge on any atom is -0.144 e. The lowest BCUT2D eigenvalue weighted by molar-refractivity contribution is 1.60. The molecule has 4 aromatic carbocycles. The Hall–Kier alpha value is -4.24. The first-order valence-electron chi connectivity index (χ1n) is 12.6. The van der Waals surface area contributed by atoms with Gasteiger partial charge in [-0.1, -0.05) is 121 Å².